The molecule has 1 fully saturated rings. The van der Waals surface area contributed by atoms with Gasteiger partial charge in [-0.05, 0) is 49.0 Å². The van der Waals surface area contributed by atoms with Crippen LogP contribution < -0.4 is 0 Å². The molecule has 0 bridgehead atoms. The first-order valence-corrected chi connectivity index (χ1v) is 8.53. The highest BCUT2D eigenvalue weighted by molar-refractivity contribution is 5.81. The predicted molar refractivity (Wildman–Crippen MR) is 89.3 cm³/mol. The monoisotopic (exact) mass is 286 g/mol. The minimum atomic E-state index is 0.420. The Labute approximate surface area is 130 Å². The first-order chi connectivity index (χ1) is 9.95. The Morgan fingerprint density at radius 1 is 1.19 bits per heavy atom. The third kappa shape index (κ3) is 4.69. The molecule has 0 N–H and O–H groups in total. The fraction of sp³-hybridized carbons (Fsp3) is 0.650. The van der Waals surface area contributed by atoms with Crippen LogP contribution in [0.25, 0.3) is 0 Å². The van der Waals surface area contributed by atoms with Gasteiger partial charge in [0.15, 0.2) is 0 Å². The van der Waals surface area contributed by atoms with Gasteiger partial charge in [0.05, 0.1) is 0 Å². The molecule has 0 saturated heterocycles. The topological polar surface area (TPSA) is 17.1 Å². The first kappa shape index (κ1) is 16.3. The first-order valence-electron chi connectivity index (χ1n) is 8.53. The van der Waals surface area contributed by atoms with Crippen LogP contribution >= 0.6 is 0 Å². The fourth-order valence-corrected chi connectivity index (χ4v) is 3.93. The maximum atomic E-state index is 12.4. The molecule has 0 aliphatic heterocycles. The van der Waals surface area contributed by atoms with Gasteiger partial charge in [0, 0.05) is 12.8 Å². The number of carbonyl (C=O) groups is 1. The normalized spacial score (nSPS) is 26.0. The van der Waals surface area contributed by atoms with Gasteiger partial charge >= 0.3 is 0 Å². The molecule has 1 aromatic rings. The predicted octanol–water partition coefficient (Wildman–Crippen LogP) is 5.21. The van der Waals surface area contributed by atoms with E-state index in [1.807, 2.05) is 0 Å². The molecule has 1 aliphatic carbocycles. The molecule has 1 nitrogen and oxygen atoms in total. The standard InChI is InChI=1S/C20H30O/c1-14(2)20-10-7-16(4)11-18(20)13-19(21)12-17-8-5-15(3)6-9-17/h5-6,8-9,14,16,18,20H,7,10-13H2,1-4H3/t16-,18+,20+/m1/s1. The van der Waals surface area contributed by atoms with E-state index in [4.69, 9.17) is 0 Å². The molecule has 1 aliphatic rings. The van der Waals surface area contributed by atoms with Gasteiger partial charge in [-0.15, -0.1) is 0 Å². The van der Waals surface area contributed by atoms with Crippen LogP contribution in [0.4, 0.5) is 0 Å². The van der Waals surface area contributed by atoms with Gasteiger partial charge in [0.25, 0.3) is 0 Å². The van der Waals surface area contributed by atoms with E-state index in [1.54, 1.807) is 0 Å². The Morgan fingerprint density at radius 2 is 1.86 bits per heavy atom. The average Bonchev–Trinajstić information content (AvgIpc) is 2.41. The van der Waals surface area contributed by atoms with E-state index in [-0.39, 0.29) is 0 Å². The molecular weight excluding hydrogens is 256 g/mol. The van der Waals surface area contributed by atoms with Crippen molar-refractivity contribution >= 4 is 5.78 Å². The number of carbonyl (C=O) groups excluding carboxylic acids is 1. The maximum absolute atomic E-state index is 12.4. The van der Waals surface area contributed by atoms with E-state index in [9.17, 15) is 4.79 Å². The molecular formula is C20H30O. The highest BCUT2D eigenvalue weighted by Gasteiger charge is 2.31. The molecule has 2 rings (SSSR count). The summed E-state index contributed by atoms with van der Waals surface area (Å²) in [5.74, 6) is 3.25. The molecule has 0 aromatic heterocycles. The lowest BCUT2D eigenvalue weighted by Crippen LogP contribution is -2.29. The Morgan fingerprint density at radius 3 is 2.48 bits per heavy atom. The molecule has 1 aromatic carbocycles. The molecule has 0 unspecified atom stereocenters. The van der Waals surface area contributed by atoms with Crippen molar-refractivity contribution in [2.24, 2.45) is 23.7 Å². The number of Topliss-reactive ketones (excluding diaryl/α,β-unsaturated/α-hetero) is 1. The molecule has 0 amide bonds. The van der Waals surface area contributed by atoms with Gasteiger partial charge in [-0.25, -0.2) is 0 Å². The summed E-state index contributed by atoms with van der Waals surface area (Å²) >= 11 is 0. The molecule has 3 atom stereocenters. The Kier molecular flexibility index (Phi) is 5.61. The fourth-order valence-electron chi connectivity index (χ4n) is 3.93. The number of benzene rings is 1. The lowest BCUT2D eigenvalue weighted by atomic mass is 9.68. The van der Waals surface area contributed by atoms with E-state index in [1.165, 1.54) is 24.8 Å². The van der Waals surface area contributed by atoms with E-state index in [0.717, 1.165) is 23.8 Å². The third-order valence-corrected chi connectivity index (χ3v) is 5.17. The van der Waals surface area contributed by atoms with Crippen molar-refractivity contribution in [2.45, 2.75) is 59.8 Å². The summed E-state index contributed by atoms with van der Waals surface area (Å²) in [7, 11) is 0. The molecule has 1 saturated carbocycles. The zero-order valence-corrected chi connectivity index (χ0v) is 14.1. The Bertz CT molecular complexity index is 457. The van der Waals surface area contributed by atoms with E-state index in [2.05, 4.69) is 52.0 Å². The Balaban J connectivity index is 1.94. The quantitative estimate of drug-likeness (QED) is 0.726. The van der Waals surface area contributed by atoms with Crippen molar-refractivity contribution in [3.05, 3.63) is 35.4 Å². The minimum Gasteiger partial charge on any atom is -0.299 e. The second-order valence-electron chi connectivity index (χ2n) is 7.49. The van der Waals surface area contributed by atoms with E-state index < -0.39 is 0 Å². The van der Waals surface area contributed by atoms with Crippen LogP contribution in [0.2, 0.25) is 0 Å². The summed E-state index contributed by atoms with van der Waals surface area (Å²) < 4.78 is 0. The average molecular weight is 286 g/mol. The molecule has 0 spiro atoms. The van der Waals surface area contributed by atoms with Crippen LogP contribution in [0, 0.1) is 30.6 Å². The summed E-state index contributed by atoms with van der Waals surface area (Å²) in [5, 5.41) is 0. The van der Waals surface area contributed by atoms with Gasteiger partial charge in [-0.2, -0.15) is 0 Å². The summed E-state index contributed by atoms with van der Waals surface area (Å²) in [5.41, 5.74) is 2.42. The molecule has 21 heavy (non-hydrogen) atoms. The van der Waals surface area contributed by atoms with Crippen LogP contribution in [0.5, 0.6) is 0 Å². The van der Waals surface area contributed by atoms with Crippen molar-refractivity contribution in [2.75, 3.05) is 0 Å². The van der Waals surface area contributed by atoms with Gasteiger partial charge in [0.1, 0.15) is 5.78 Å². The summed E-state index contributed by atoms with van der Waals surface area (Å²) in [6.45, 7) is 9.06. The molecule has 0 heterocycles. The third-order valence-electron chi connectivity index (χ3n) is 5.17. The van der Waals surface area contributed by atoms with E-state index >= 15 is 0 Å². The van der Waals surface area contributed by atoms with Gasteiger partial charge < -0.3 is 0 Å². The molecule has 1 heteroatoms. The van der Waals surface area contributed by atoms with Gasteiger partial charge in [0.2, 0.25) is 0 Å². The highest BCUT2D eigenvalue weighted by Crippen LogP contribution is 2.39. The van der Waals surface area contributed by atoms with Crippen molar-refractivity contribution in [1.29, 1.82) is 0 Å². The van der Waals surface area contributed by atoms with Crippen LogP contribution in [-0.4, -0.2) is 5.78 Å². The number of hydrogen-bond acceptors (Lipinski definition) is 1. The largest absolute Gasteiger partial charge is 0.299 e. The smallest absolute Gasteiger partial charge is 0.137 e. The Hall–Kier alpha value is -1.11. The van der Waals surface area contributed by atoms with Crippen molar-refractivity contribution in [1.82, 2.24) is 0 Å². The van der Waals surface area contributed by atoms with Crippen molar-refractivity contribution in [3.63, 3.8) is 0 Å². The minimum absolute atomic E-state index is 0.420. The van der Waals surface area contributed by atoms with Gasteiger partial charge in [-0.1, -0.05) is 57.0 Å². The van der Waals surface area contributed by atoms with Crippen LogP contribution in [0.3, 0.4) is 0 Å². The second-order valence-corrected chi connectivity index (χ2v) is 7.49. The van der Waals surface area contributed by atoms with Crippen molar-refractivity contribution in [3.8, 4) is 0 Å². The maximum Gasteiger partial charge on any atom is 0.137 e. The lowest BCUT2D eigenvalue weighted by molar-refractivity contribution is -0.120. The molecule has 0 radical (unpaired) electrons. The number of ketones is 1. The SMILES string of the molecule is Cc1ccc(CC(=O)C[C@@H]2C[C@H](C)CC[C@H]2C(C)C)cc1. The number of hydrogen-bond donors (Lipinski definition) is 0. The van der Waals surface area contributed by atoms with Crippen LogP contribution in [-0.2, 0) is 11.2 Å². The summed E-state index contributed by atoms with van der Waals surface area (Å²) in [6.07, 6.45) is 5.27. The zero-order chi connectivity index (χ0) is 15.4. The highest BCUT2D eigenvalue weighted by atomic mass is 16.1. The van der Waals surface area contributed by atoms with E-state index in [0.29, 0.717) is 24.0 Å². The van der Waals surface area contributed by atoms with Crippen LogP contribution in [0.15, 0.2) is 24.3 Å². The number of rotatable bonds is 5. The summed E-state index contributed by atoms with van der Waals surface area (Å²) in [4.78, 5) is 12.4. The second kappa shape index (κ2) is 7.24. The lowest BCUT2D eigenvalue weighted by Gasteiger charge is -2.37. The van der Waals surface area contributed by atoms with Crippen LogP contribution in [0.1, 0.15) is 57.6 Å². The zero-order valence-electron chi connectivity index (χ0n) is 14.1. The summed E-state index contributed by atoms with van der Waals surface area (Å²) in [6, 6.07) is 8.39. The van der Waals surface area contributed by atoms with Gasteiger partial charge in [-0.3, -0.25) is 4.79 Å². The number of aryl methyl sites for hydroxylation is 1. The van der Waals surface area contributed by atoms with Crippen molar-refractivity contribution < 1.29 is 4.79 Å². The molecule has 116 valence electrons.